The second kappa shape index (κ2) is 7.15. The number of benzene rings is 1. The summed E-state index contributed by atoms with van der Waals surface area (Å²) in [5.41, 5.74) is 0.896. The number of aliphatic carboxylic acids is 1. The van der Waals surface area contributed by atoms with Crippen molar-refractivity contribution in [3.05, 3.63) is 29.3 Å². The molecule has 31 heavy (non-hydrogen) atoms. The summed E-state index contributed by atoms with van der Waals surface area (Å²) in [7, 11) is 0. The van der Waals surface area contributed by atoms with Crippen LogP contribution < -0.4 is 10.6 Å². The molecule has 2 saturated heterocycles. The van der Waals surface area contributed by atoms with E-state index in [1.165, 1.54) is 4.90 Å². The second-order valence-corrected chi connectivity index (χ2v) is 9.28. The highest BCUT2D eigenvalue weighted by Crippen LogP contribution is 2.54. The number of likely N-dealkylation sites (tertiary alicyclic amines) is 1. The van der Waals surface area contributed by atoms with E-state index in [-0.39, 0.29) is 36.6 Å². The normalized spacial score (nSPS) is 32.5. The summed E-state index contributed by atoms with van der Waals surface area (Å²) in [6.07, 6.45) is 4.69. The van der Waals surface area contributed by atoms with Gasteiger partial charge in [0.25, 0.3) is 0 Å². The molecule has 1 aromatic carbocycles. The molecule has 4 atom stereocenters. The number of aryl methyl sites for hydroxylation is 1. The van der Waals surface area contributed by atoms with Gasteiger partial charge in [0.2, 0.25) is 17.7 Å². The van der Waals surface area contributed by atoms with Crippen molar-refractivity contribution < 1.29 is 24.3 Å². The van der Waals surface area contributed by atoms with Crippen LogP contribution in [0.1, 0.15) is 56.1 Å². The first kappa shape index (κ1) is 20.2. The molecule has 5 rings (SSSR count). The predicted molar refractivity (Wildman–Crippen MR) is 111 cm³/mol. The third kappa shape index (κ3) is 2.77. The summed E-state index contributed by atoms with van der Waals surface area (Å²) in [6, 6.07) is 4.88. The first-order chi connectivity index (χ1) is 14.9. The Labute approximate surface area is 180 Å². The van der Waals surface area contributed by atoms with E-state index in [0.717, 1.165) is 37.7 Å². The van der Waals surface area contributed by atoms with E-state index in [2.05, 4.69) is 10.6 Å². The molecule has 8 nitrogen and oxygen atoms in total. The molecular weight excluding hydrogens is 398 g/mol. The molecule has 0 unspecified atom stereocenters. The number of carboxylic acid groups (broad SMARTS) is 1. The lowest BCUT2D eigenvalue weighted by Crippen LogP contribution is -2.54. The minimum Gasteiger partial charge on any atom is -0.481 e. The van der Waals surface area contributed by atoms with Crippen molar-refractivity contribution in [1.29, 1.82) is 0 Å². The van der Waals surface area contributed by atoms with Gasteiger partial charge in [0.15, 0.2) is 0 Å². The molecule has 3 aliphatic heterocycles. The van der Waals surface area contributed by atoms with Crippen LogP contribution in [-0.2, 0) is 24.7 Å². The Kier molecular flexibility index (Phi) is 4.66. The molecule has 164 valence electrons. The van der Waals surface area contributed by atoms with Crippen molar-refractivity contribution in [3.8, 4) is 0 Å². The lowest BCUT2D eigenvalue weighted by Gasteiger charge is -2.34. The van der Waals surface area contributed by atoms with Gasteiger partial charge >= 0.3 is 5.97 Å². The Morgan fingerprint density at radius 2 is 1.90 bits per heavy atom. The Hall–Kier alpha value is -2.74. The SMILES string of the molecule is Cc1cccc2c1NC(=O)[C@@]21N[C@H](CCC(=O)O)[C@H]2C(=O)N(C3CCCCC3)C(=O)[C@@H]21. The van der Waals surface area contributed by atoms with Crippen molar-refractivity contribution in [2.75, 3.05) is 5.32 Å². The third-order valence-electron chi connectivity index (χ3n) is 7.60. The molecule has 8 heteroatoms. The minimum absolute atomic E-state index is 0.127. The van der Waals surface area contributed by atoms with Crippen LogP contribution in [0.5, 0.6) is 0 Å². The Morgan fingerprint density at radius 1 is 1.16 bits per heavy atom. The number of fused-ring (bicyclic) bond motifs is 4. The lowest BCUT2D eigenvalue weighted by molar-refractivity contribution is -0.146. The van der Waals surface area contributed by atoms with E-state index in [4.69, 9.17) is 0 Å². The molecule has 1 spiro atoms. The maximum absolute atomic E-state index is 13.8. The van der Waals surface area contributed by atoms with Gasteiger partial charge in [-0.25, -0.2) is 0 Å². The molecule has 3 fully saturated rings. The Bertz CT molecular complexity index is 985. The molecule has 3 amide bonds. The van der Waals surface area contributed by atoms with Crippen LogP contribution in [0.15, 0.2) is 18.2 Å². The Balaban J connectivity index is 1.61. The number of carbonyl (C=O) groups excluding carboxylic acids is 3. The van der Waals surface area contributed by atoms with Gasteiger partial charge in [0.1, 0.15) is 5.54 Å². The lowest BCUT2D eigenvalue weighted by atomic mass is 9.76. The number of para-hydroxylation sites is 1. The van der Waals surface area contributed by atoms with E-state index >= 15 is 0 Å². The van der Waals surface area contributed by atoms with E-state index in [9.17, 15) is 24.3 Å². The van der Waals surface area contributed by atoms with Gasteiger partial charge in [-0.05, 0) is 31.7 Å². The van der Waals surface area contributed by atoms with Gasteiger partial charge in [-0.15, -0.1) is 0 Å². The smallest absolute Gasteiger partial charge is 0.303 e. The number of imide groups is 1. The van der Waals surface area contributed by atoms with Gasteiger partial charge in [-0.1, -0.05) is 37.5 Å². The topological polar surface area (TPSA) is 116 Å². The van der Waals surface area contributed by atoms with Gasteiger partial charge in [-0.2, -0.15) is 0 Å². The van der Waals surface area contributed by atoms with Crippen LogP contribution >= 0.6 is 0 Å². The van der Waals surface area contributed by atoms with Crippen molar-refractivity contribution in [2.45, 2.75) is 69.5 Å². The fraction of sp³-hybridized carbons (Fsp3) is 0.565. The van der Waals surface area contributed by atoms with E-state index in [0.29, 0.717) is 11.3 Å². The molecule has 1 aromatic rings. The number of hydrogen-bond donors (Lipinski definition) is 3. The predicted octanol–water partition coefficient (Wildman–Crippen LogP) is 1.91. The second-order valence-electron chi connectivity index (χ2n) is 9.28. The zero-order chi connectivity index (χ0) is 21.9. The Morgan fingerprint density at radius 3 is 2.61 bits per heavy atom. The number of nitrogens with zero attached hydrogens (tertiary/aromatic N) is 1. The molecule has 0 radical (unpaired) electrons. The number of amides is 3. The van der Waals surface area contributed by atoms with Crippen LogP contribution in [0.25, 0.3) is 0 Å². The largest absolute Gasteiger partial charge is 0.481 e. The number of anilines is 1. The van der Waals surface area contributed by atoms with E-state index < -0.39 is 29.4 Å². The first-order valence-electron chi connectivity index (χ1n) is 11.1. The summed E-state index contributed by atoms with van der Waals surface area (Å²) in [6.45, 7) is 1.89. The molecule has 3 N–H and O–H groups in total. The number of hydrogen-bond acceptors (Lipinski definition) is 5. The molecule has 3 heterocycles. The number of nitrogens with one attached hydrogen (secondary N) is 2. The van der Waals surface area contributed by atoms with Gasteiger partial charge in [-0.3, -0.25) is 29.4 Å². The van der Waals surface area contributed by atoms with Gasteiger partial charge < -0.3 is 10.4 Å². The van der Waals surface area contributed by atoms with Crippen molar-refractivity contribution in [1.82, 2.24) is 10.2 Å². The zero-order valence-corrected chi connectivity index (χ0v) is 17.5. The summed E-state index contributed by atoms with van der Waals surface area (Å²) >= 11 is 0. The average molecular weight is 425 g/mol. The van der Waals surface area contributed by atoms with Crippen LogP contribution in [-0.4, -0.2) is 45.8 Å². The highest BCUT2D eigenvalue weighted by molar-refractivity contribution is 6.15. The minimum atomic E-state index is -1.34. The number of rotatable bonds is 4. The van der Waals surface area contributed by atoms with E-state index in [1.807, 2.05) is 25.1 Å². The molecular formula is C23H27N3O5. The van der Waals surface area contributed by atoms with Crippen LogP contribution in [0.4, 0.5) is 5.69 Å². The van der Waals surface area contributed by atoms with Gasteiger partial charge in [0, 0.05) is 29.8 Å². The van der Waals surface area contributed by atoms with Crippen LogP contribution in [0, 0.1) is 18.8 Å². The molecule has 1 saturated carbocycles. The van der Waals surface area contributed by atoms with Gasteiger partial charge in [0.05, 0.1) is 11.8 Å². The quantitative estimate of drug-likeness (QED) is 0.635. The summed E-state index contributed by atoms with van der Waals surface area (Å²) in [4.78, 5) is 53.4. The van der Waals surface area contributed by atoms with Crippen LogP contribution in [0.3, 0.4) is 0 Å². The number of carbonyl (C=O) groups is 4. The monoisotopic (exact) mass is 425 g/mol. The fourth-order valence-electron chi connectivity index (χ4n) is 6.22. The van der Waals surface area contributed by atoms with Crippen molar-refractivity contribution in [2.24, 2.45) is 11.8 Å². The first-order valence-corrected chi connectivity index (χ1v) is 11.1. The molecule has 1 aliphatic carbocycles. The standard InChI is InChI=1S/C23H27N3O5/c1-12-6-5-9-14-19(12)24-22(31)23(14)18-17(15(25-23)10-11-16(27)28)20(29)26(21(18)30)13-7-3-2-4-8-13/h5-6,9,13,15,17-18,25H,2-4,7-8,10-11H2,1H3,(H,24,31)(H,27,28)/t15-,17-,18-,23-/m1/s1. The van der Waals surface area contributed by atoms with Crippen molar-refractivity contribution in [3.63, 3.8) is 0 Å². The number of carboxylic acids is 1. The molecule has 4 aliphatic rings. The summed E-state index contributed by atoms with van der Waals surface area (Å²) < 4.78 is 0. The maximum Gasteiger partial charge on any atom is 0.303 e. The van der Waals surface area contributed by atoms with Crippen LogP contribution in [0.2, 0.25) is 0 Å². The summed E-state index contributed by atoms with van der Waals surface area (Å²) in [5.74, 6) is -3.44. The highest BCUT2D eigenvalue weighted by atomic mass is 16.4. The third-order valence-corrected chi connectivity index (χ3v) is 7.60. The highest BCUT2D eigenvalue weighted by Gasteiger charge is 2.70. The molecule has 0 aromatic heterocycles. The maximum atomic E-state index is 13.8. The average Bonchev–Trinajstić information content (AvgIpc) is 3.33. The van der Waals surface area contributed by atoms with E-state index in [1.54, 1.807) is 0 Å². The van der Waals surface area contributed by atoms with Crippen molar-refractivity contribution >= 4 is 29.4 Å². The molecule has 0 bridgehead atoms. The zero-order valence-electron chi connectivity index (χ0n) is 17.5. The summed E-state index contributed by atoms with van der Waals surface area (Å²) in [5, 5.41) is 15.4. The fourth-order valence-corrected chi connectivity index (χ4v) is 6.22.